The van der Waals surface area contributed by atoms with Gasteiger partial charge in [-0.15, -0.1) is 11.3 Å². The molecule has 0 aliphatic rings. The van der Waals surface area contributed by atoms with Crippen LogP contribution in [-0.4, -0.2) is 36.7 Å². The molecule has 0 aliphatic carbocycles. The van der Waals surface area contributed by atoms with E-state index in [1.807, 2.05) is 60.5 Å². The van der Waals surface area contributed by atoms with Gasteiger partial charge in [-0.3, -0.25) is 9.59 Å². The number of anilines is 4. The maximum Gasteiger partial charge on any atom is 0.328 e. The number of hydrogen-bond donors (Lipinski definition) is 2. The quantitative estimate of drug-likeness (QED) is 0.239. The van der Waals surface area contributed by atoms with Crippen LogP contribution in [0.2, 0.25) is 0 Å². The second kappa shape index (κ2) is 10.7. The van der Waals surface area contributed by atoms with Crippen LogP contribution in [0.25, 0.3) is 10.1 Å². The van der Waals surface area contributed by atoms with Gasteiger partial charge < -0.3 is 20.3 Å². The van der Waals surface area contributed by atoms with Gasteiger partial charge >= 0.3 is 5.97 Å². The van der Waals surface area contributed by atoms with E-state index in [1.165, 1.54) is 0 Å². The molecule has 8 nitrogen and oxygen atoms in total. The van der Waals surface area contributed by atoms with Crippen molar-refractivity contribution in [2.75, 3.05) is 35.2 Å². The smallest absolute Gasteiger partial charge is 0.328 e. The summed E-state index contributed by atoms with van der Waals surface area (Å²) < 4.78 is 6.40. The highest BCUT2D eigenvalue weighted by molar-refractivity contribution is 7.17. The fourth-order valence-electron chi connectivity index (χ4n) is 4.06. The molecule has 0 aliphatic heterocycles. The molecular formula is C26H28N4O4S. The lowest BCUT2D eigenvalue weighted by Gasteiger charge is -2.27. The minimum Gasteiger partial charge on any atom is -0.464 e. The van der Waals surface area contributed by atoms with Crippen molar-refractivity contribution in [1.29, 1.82) is 0 Å². The summed E-state index contributed by atoms with van der Waals surface area (Å²) in [5, 5.41) is 9.44. The first-order chi connectivity index (χ1) is 17.0. The third-order valence-corrected chi connectivity index (χ3v) is 6.77. The molecule has 9 heteroatoms. The summed E-state index contributed by atoms with van der Waals surface area (Å²) >= 11 is 1.66. The Kier molecular flexibility index (Phi) is 7.45. The van der Waals surface area contributed by atoms with Crippen LogP contribution in [0, 0.1) is 0 Å². The van der Waals surface area contributed by atoms with Gasteiger partial charge in [0.2, 0.25) is 0 Å². The maximum atomic E-state index is 12.7. The molecule has 0 bridgehead atoms. The number of aromatic nitrogens is 1. The molecule has 2 heterocycles. The number of thiophene rings is 1. The highest BCUT2D eigenvalue weighted by Gasteiger charge is 2.29. The van der Waals surface area contributed by atoms with E-state index in [2.05, 4.69) is 15.6 Å². The topological polar surface area (TPSA) is 101 Å². The molecule has 0 amide bonds. The third kappa shape index (κ3) is 5.05. The Bertz CT molecular complexity index is 1390. The van der Waals surface area contributed by atoms with E-state index < -0.39 is 22.9 Å². The fourth-order valence-corrected chi connectivity index (χ4v) is 4.84. The van der Waals surface area contributed by atoms with Gasteiger partial charge in [0.1, 0.15) is 23.2 Å². The molecule has 1 atom stereocenters. The van der Waals surface area contributed by atoms with Crippen molar-refractivity contribution < 1.29 is 9.53 Å². The maximum absolute atomic E-state index is 12.7. The number of hydrogen-bond acceptors (Lipinski definition) is 9. The van der Waals surface area contributed by atoms with Gasteiger partial charge in [0.15, 0.2) is 0 Å². The number of carbonyl (C=O) groups excluding carboxylic acids is 1. The van der Waals surface area contributed by atoms with Crippen LogP contribution in [0.15, 0.2) is 57.6 Å². The monoisotopic (exact) mass is 492 g/mol. The van der Waals surface area contributed by atoms with E-state index in [0.29, 0.717) is 25.2 Å². The number of pyridine rings is 1. The number of carbonyl (C=O) groups is 1. The van der Waals surface area contributed by atoms with Crippen molar-refractivity contribution in [2.45, 2.75) is 33.2 Å². The number of rotatable bonds is 11. The van der Waals surface area contributed by atoms with Gasteiger partial charge in [0.05, 0.1) is 6.61 Å². The standard InChI is InChI=1S/C26H28N4O4S/c1-4-30(5-2)22-21(23(31)24(22)32)29-19(26(33)34-6-3)15-16-7-9-17(10-8-16)28-25-18-12-14-35-20(18)11-13-27-25/h7-14,19,29H,4-6,15H2,1-3H3,(H,27,28)/t19-/m0/s1. The summed E-state index contributed by atoms with van der Waals surface area (Å²) in [4.78, 5) is 43.5. The molecule has 2 N–H and O–H groups in total. The summed E-state index contributed by atoms with van der Waals surface area (Å²) in [7, 11) is 0. The average Bonchev–Trinajstić information content (AvgIpc) is 3.36. The first-order valence-corrected chi connectivity index (χ1v) is 12.5. The predicted molar refractivity (Wildman–Crippen MR) is 142 cm³/mol. The van der Waals surface area contributed by atoms with Gasteiger partial charge in [0.25, 0.3) is 10.9 Å². The Balaban J connectivity index is 1.52. The zero-order chi connectivity index (χ0) is 24.9. The molecule has 0 spiro atoms. The van der Waals surface area contributed by atoms with Crippen LogP contribution >= 0.6 is 11.3 Å². The second-order valence-corrected chi connectivity index (χ2v) is 8.97. The Morgan fingerprint density at radius 2 is 1.80 bits per heavy atom. The van der Waals surface area contributed by atoms with E-state index in [0.717, 1.165) is 27.2 Å². The van der Waals surface area contributed by atoms with E-state index in [1.54, 1.807) is 24.5 Å². The van der Waals surface area contributed by atoms with Crippen LogP contribution in [0.5, 0.6) is 0 Å². The molecule has 4 aromatic rings. The molecule has 4 rings (SSSR count). The van der Waals surface area contributed by atoms with Crippen LogP contribution in [0.4, 0.5) is 22.9 Å². The van der Waals surface area contributed by atoms with E-state index in [-0.39, 0.29) is 12.3 Å². The summed E-state index contributed by atoms with van der Waals surface area (Å²) in [5.41, 5.74) is 1.14. The lowest BCUT2D eigenvalue weighted by Crippen LogP contribution is -2.46. The largest absolute Gasteiger partial charge is 0.464 e. The minimum atomic E-state index is -0.799. The number of benzene rings is 1. The van der Waals surface area contributed by atoms with Crippen molar-refractivity contribution in [1.82, 2.24) is 4.98 Å². The Morgan fingerprint density at radius 3 is 2.49 bits per heavy atom. The number of fused-ring (bicyclic) bond motifs is 1. The Labute approximate surface area is 207 Å². The molecular weight excluding hydrogens is 464 g/mol. The molecule has 0 saturated heterocycles. The van der Waals surface area contributed by atoms with Gasteiger partial charge in [-0.25, -0.2) is 9.78 Å². The minimum absolute atomic E-state index is 0.185. The lowest BCUT2D eigenvalue weighted by atomic mass is 10.0. The van der Waals surface area contributed by atoms with E-state index in [9.17, 15) is 14.4 Å². The molecule has 2 aromatic heterocycles. The first kappa shape index (κ1) is 24.4. The van der Waals surface area contributed by atoms with Gasteiger partial charge in [-0.05, 0) is 56.0 Å². The number of nitrogens with one attached hydrogen (secondary N) is 2. The van der Waals surface area contributed by atoms with Crippen molar-refractivity contribution in [3.63, 3.8) is 0 Å². The first-order valence-electron chi connectivity index (χ1n) is 11.7. The number of esters is 1. The van der Waals surface area contributed by atoms with Crippen LogP contribution in [0.1, 0.15) is 26.3 Å². The molecule has 182 valence electrons. The van der Waals surface area contributed by atoms with Crippen molar-refractivity contribution in [3.05, 3.63) is 74.0 Å². The number of nitrogens with zero attached hydrogens (tertiary/aromatic N) is 2. The third-order valence-electron chi connectivity index (χ3n) is 5.89. The van der Waals surface area contributed by atoms with Crippen molar-refractivity contribution in [3.8, 4) is 0 Å². The van der Waals surface area contributed by atoms with Gasteiger partial charge in [-0.1, -0.05) is 12.1 Å². The van der Waals surface area contributed by atoms with E-state index >= 15 is 0 Å². The Morgan fingerprint density at radius 1 is 1.06 bits per heavy atom. The second-order valence-electron chi connectivity index (χ2n) is 8.02. The summed E-state index contributed by atoms with van der Waals surface area (Å²) in [6.45, 7) is 6.95. The van der Waals surface area contributed by atoms with Crippen LogP contribution in [0.3, 0.4) is 0 Å². The highest BCUT2D eigenvalue weighted by Crippen LogP contribution is 2.28. The van der Waals surface area contributed by atoms with Crippen molar-refractivity contribution in [2.24, 2.45) is 0 Å². The average molecular weight is 493 g/mol. The summed E-state index contributed by atoms with van der Waals surface area (Å²) in [5.74, 6) is 0.313. The van der Waals surface area contributed by atoms with Gasteiger partial charge in [0, 0.05) is 41.5 Å². The molecule has 0 fully saturated rings. The number of ether oxygens (including phenoxy) is 1. The van der Waals surface area contributed by atoms with Crippen LogP contribution < -0.4 is 26.4 Å². The molecule has 0 radical (unpaired) electrons. The predicted octanol–water partition coefficient (Wildman–Crippen LogP) is 4.07. The van der Waals surface area contributed by atoms with E-state index in [4.69, 9.17) is 4.74 Å². The van der Waals surface area contributed by atoms with Crippen molar-refractivity contribution >= 4 is 50.3 Å². The normalized spacial score (nSPS) is 12.0. The zero-order valence-corrected chi connectivity index (χ0v) is 20.8. The SMILES string of the molecule is CCOC(=O)[C@H](Cc1ccc(Nc2nccc3sccc23)cc1)Nc1c(N(CC)CC)c(=O)c1=O. The Hall–Kier alpha value is -3.72. The summed E-state index contributed by atoms with van der Waals surface area (Å²) in [6, 6.07) is 10.9. The van der Waals surface area contributed by atoms with Gasteiger partial charge in [-0.2, -0.15) is 0 Å². The molecule has 35 heavy (non-hydrogen) atoms. The zero-order valence-electron chi connectivity index (χ0n) is 20.0. The highest BCUT2D eigenvalue weighted by atomic mass is 32.1. The fraction of sp³-hybridized carbons (Fsp3) is 0.308. The summed E-state index contributed by atoms with van der Waals surface area (Å²) in [6.07, 6.45) is 2.08. The molecule has 2 aromatic carbocycles. The molecule has 0 unspecified atom stereocenters. The van der Waals surface area contributed by atoms with Crippen LogP contribution in [-0.2, 0) is 16.0 Å². The molecule has 0 saturated carbocycles. The lowest BCUT2D eigenvalue weighted by molar-refractivity contribution is -0.144.